The fourth-order valence-corrected chi connectivity index (χ4v) is 4.32. The van der Waals surface area contributed by atoms with Gasteiger partial charge in [-0.3, -0.25) is 9.59 Å². The molecule has 2 aliphatic rings. The molecular formula is C23H27N5O4S. The van der Waals surface area contributed by atoms with Crippen LogP contribution in [0.3, 0.4) is 0 Å². The molecule has 9 nitrogen and oxygen atoms in total. The lowest BCUT2D eigenvalue weighted by molar-refractivity contribution is -0.125. The van der Waals surface area contributed by atoms with Gasteiger partial charge in [0.2, 0.25) is 11.8 Å². The van der Waals surface area contributed by atoms with Gasteiger partial charge in [0.15, 0.2) is 5.82 Å². The molecule has 0 spiro atoms. The number of methoxy groups -OCH3 is 1. The molecule has 2 heterocycles. The molecule has 1 aromatic carbocycles. The van der Waals surface area contributed by atoms with E-state index in [1.165, 1.54) is 18.9 Å². The minimum Gasteiger partial charge on any atom is -0.465 e. The first-order valence-electron chi connectivity index (χ1n) is 11.0. The smallest absolute Gasteiger partial charge is 0.339 e. The molecule has 1 aliphatic heterocycles. The maximum atomic E-state index is 12.4. The van der Waals surface area contributed by atoms with Crippen molar-refractivity contribution in [1.29, 1.82) is 0 Å². The molecule has 4 rings (SSSR count). The number of hydrogen-bond donors (Lipinski definition) is 2. The van der Waals surface area contributed by atoms with Crippen molar-refractivity contribution in [3.63, 3.8) is 0 Å². The van der Waals surface area contributed by atoms with E-state index in [2.05, 4.69) is 25.7 Å². The fraction of sp³-hybridized carbons (Fsp3) is 0.435. The zero-order valence-electron chi connectivity index (χ0n) is 18.5. The highest BCUT2D eigenvalue weighted by molar-refractivity contribution is 7.99. The molecule has 2 aromatic rings. The third-order valence-corrected chi connectivity index (χ3v) is 6.54. The number of carbonyl (C=O) groups excluding carboxylic acids is 3. The summed E-state index contributed by atoms with van der Waals surface area (Å²) in [6, 6.07) is 10.8. The van der Waals surface area contributed by atoms with E-state index in [1.807, 2.05) is 12.1 Å². The number of nitrogens with one attached hydrogen (secondary N) is 2. The molecule has 2 amide bonds. The molecule has 10 heteroatoms. The van der Waals surface area contributed by atoms with Gasteiger partial charge in [-0.2, -0.15) is 0 Å². The van der Waals surface area contributed by atoms with Crippen LogP contribution in [0.1, 0.15) is 36.0 Å². The van der Waals surface area contributed by atoms with Crippen LogP contribution >= 0.6 is 11.8 Å². The van der Waals surface area contributed by atoms with Crippen LogP contribution in [0.2, 0.25) is 0 Å². The average Bonchev–Trinajstić information content (AvgIpc) is 3.67. The van der Waals surface area contributed by atoms with Crippen molar-refractivity contribution in [3.05, 3.63) is 42.0 Å². The van der Waals surface area contributed by atoms with E-state index in [1.54, 1.807) is 24.3 Å². The quantitative estimate of drug-likeness (QED) is 0.448. The first-order valence-corrected chi connectivity index (χ1v) is 12.0. The monoisotopic (exact) mass is 469 g/mol. The normalized spacial score (nSPS) is 17.8. The summed E-state index contributed by atoms with van der Waals surface area (Å²) in [6.45, 7) is 1.48. The topological polar surface area (TPSA) is 114 Å². The Bertz CT molecular complexity index is 1010. The third-order valence-electron chi connectivity index (χ3n) is 5.62. The summed E-state index contributed by atoms with van der Waals surface area (Å²) in [6.07, 6.45) is 4.00. The number of para-hydroxylation sites is 1. The lowest BCUT2D eigenvalue weighted by Gasteiger charge is -2.32. The number of thioether (sulfide) groups is 1. The largest absolute Gasteiger partial charge is 0.465 e. The van der Waals surface area contributed by atoms with Crippen LogP contribution in [-0.2, 0) is 14.3 Å². The second-order valence-corrected chi connectivity index (χ2v) is 9.17. The lowest BCUT2D eigenvalue weighted by atomic mass is 9.97. The second kappa shape index (κ2) is 10.7. The van der Waals surface area contributed by atoms with Crippen molar-refractivity contribution in [2.45, 2.75) is 36.8 Å². The minimum absolute atomic E-state index is 0.0215. The number of piperidine rings is 1. The van der Waals surface area contributed by atoms with E-state index in [-0.39, 0.29) is 23.5 Å². The van der Waals surface area contributed by atoms with Gasteiger partial charge in [-0.1, -0.05) is 23.9 Å². The number of carbonyl (C=O) groups is 3. The van der Waals surface area contributed by atoms with E-state index in [0.717, 1.165) is 38.0 Å². The van der Waals surface area contributed by atoms with Gasteiger partial charge < -0.3 is 20.3 Å². The Morgan fingerprint density at radius 2 is 1.94 bits per heavy atom. The Kier molecular flexibility index (Phi) is 7.43. The summed E-state index contributed by atoms with van der Waals surface area (Å²) in [5.74, 6) is 0.206. The number of esters is 1. The number of benzene rings is 1. The molecule has 1 aliphatic carbocycles. The molecule has 0 unspecified atom stereocenters. The van der Waals surface area contributed by atoms with Crippen LogP contribution in [-0.4, -0.2) is 60.0 Å². The van der Waals surface area contributed by atoms with Crippen molar-refractivity contribution in [3.8, 4) is 0 Å². The zero-order chi connectivity index (χ0) is 23.2. The van der Waals surface area contributed by atoms with Gasteiger partial charge in [-0.25, -0.2) is 4.79 Å². The molecule has 174 valence electrons. The molecule has 1 atom stereocenters. The number of rotatable bonds is 8. The van der Waals surface area contributed by atoms with E-state index < -0.39 is 5.97 Å². The van der Waals surface area contributed by atoms with Crippen LogP contribution in [0, 0.1) is 5.92 Å². The number of hydrogen-bond acceptors (Lipinski definition) is 8. The van der Waals surface area contributed by atoms with Gasteiger partial charge in [0.25, 0.3) is 0 Å². The van der Waals surface area contributed by atoms with Gasteiger partial charge in [-0.15, -0.1) is 10.2 Å². The Hall–Kier alpha value is -3.14. The van der Waals surface area contributed by atoms with E-state index in [0.29, 0.717) is 28.9 Å². The van der Waals surface area contributed by atoms with Gasteiger partial charge in [-0.05, 0) is 49.9 Å². The molecule has 2 N–H and O–H groups in total. The van der Waals surface area contributed by atoms with Gasteiger partial charge in [0, 0.05) is 19.1 Å². The van der Waals surface area contributed by atoms with Crippen molar-refractivity contribution in [2.75, 3.05) is 36.2 Å². The lowest BCUT2D eigenvalue weighted by Crippen LogP contribution is -2.44. The highest BCUT2D eigenvalue weighted by atomic mass is 32.2. The van der Waals surface area contributed by atoms with Gasteiger partial charge in [0.05, 0.1) is 30.0 Å². The Balaban J connectivity index is 1.28. The second-order valence-electron chi connectivity index (χ2n) is 8.17. The van der Waals surface area contributed by atoms with Crippen molar-refractivity contribution >= 4 is 41.1 Å². The molecule has 1 saturated carbocycles. The predicted molar refractivity (Wildman–Crippen MR) is 125 cm³/mol. The number of ether oxygens (including phenoxy) is 1. The summed E-state index contributed by atoms with van der Waals surface area (Å²) >= 11 is 1.26. The Labute approximate surface area is 196 Å². The van der Waals surface area contributed by atoms with E-state index in [9.17, 15) is 14.4 Å². The van der Waals surface area contributed by atoms with E-state index in [4.69, 9.17) is 4.74 Å². The fourth-order valence-electron chi connectivity index (χ4n) is 3.71. The van der Waals surface area contributed by atoms with Crippen molar-refractivity contribution in [2.24, 2.45) is 5.92 Å². The molecule has 33 heavy (non-hydrogen) atoms. The van der Waals surface area contributed by atoms with Crippen LogP contribution in [0.15, 0.2) is 41.4 Å². The van der Waals surface area contributed by atoms with Crippen LogP contribution in [0.5, 0.6) is 0 Å². The first-order chi connectivity index (χ1) is 16.0. The summed E-state index contributed by atoms with van der Waals surface area (Å²) in [7, 11) is 1.30. The van der Waals surface area contributed by atoms with Crippen LogP contribution in [0.25, 0.3) is 0 Å². The maximum absolute atomic E-state index is 12.4. The highest BCUT2D eigenvalue weighted by Gasteiger charge is 2.31. The summed E-state index contributed by atoms with van der Waals surface area (Å²) in [4.78, 5) is 38.7. The SMILES string of the molecule is COC(=O)c1ccccc1NC(=O)CSc1ccc(N2CCC[C@H](C(=O)NC3CC3)C2)nn1. The standard InChI is InChI=1S/C23H27N5O4S/c1-32-23(31)17-6-2-3-7-18(17)25-20(29)14-33-21-11-10-19(26-27-21)28-12-4-5-15(13-28)22(30)24-16-8-9-16/h2-3,6-7,10-11,15-16H,4-5,8-9,12-14H2,1H3,(H,24,30)(H,25,29)/t15-/m0/s1. The molecule has 1 saturated heterocycles. The molecule has 2 fully saturated rings. The number of aromatic nitrogens is 2. The number of amides is 2. The third kappa shape index (κ3) is 6.22. The summed E-state index contributed by atoms with van der Waals surface area (Å²) in [5, 5.41) is 15.0. The van der Waals surface area contributed by atoms with Crippen LogP contribution < -0.4 is 15.5 Å². The molecular weight excluding hydrogens is 442 g/mol. The minimum atomic E-state index is -0.509. The Morgan fingerprint density at radius 1 is 1.12 bits per heavy atom. The Morgan fingerprint density at radius 3 is 2.67 bits per heavy atom. The summed E-state index contributed by atoms with van der Waals surface area (Å²) in [5.41, 5.74) is 0.704. The molecule has 0 radical (unpaired) electrons. The average molecular weight is 470 g/mol. The molecule has 0 bridgehead atoms. The number of anilines is 2. The zero-order valence-corrected chi connectivity index (χ0v) is 19.3. The van der Waals surface area contributed by atoms with Gasteiger partial charge in [0.1, 0.15) is 5.03 Å². The first kappa shape index (κ1) is 23.0. The predicted octanol–water partition coefficient (Wildman–Crippen LogP) is 2.49. The maximum Gasteiger partial charge on any atom is 0.339 e. The highest BCUT2D eigenvalue weighted by Crippen LogP contribution is 2.25. The summed E-state index contributed by atoms with van der Waals surface area (Å²) < 4.78 is 4.75. The number of nitrogens with zero attached hydrogens (tertiary/aromatic N) is 3. The van der Waals surface area contributed by atoms with Crippen molar-refractivity contribution in [1.82, 2.24) is 15.5 Å². The van der Waals surface area contributed by atoms with Gasteiger partial charge >= 0.3 is 5.97 Å². The van der Waals surface area contributed by atoms with Crippen LogP contribution in [0.4, 0.5) is 11.5 Å². The molecule has 1 aromatic heterocycles. The van der Waals surface area contributed by atoms with E-state index >= 15 is 0 Å². The van der Waals surface area contributed by atoms with Crippen molar-refractivity contribution < 1.29 is 19.1 Å².